The fraction of sp³-hybridized carbons (Fsp3) is 0.333. The maximum absolute atomic E-state index is 14.3. The fourth-order valence-electron chi connectivity index (χ4n) is 5.65. The molecule has 4 atom stereocenters. The van der Waals surface area contributed by atoms with E-state index in [0.717, 1.165) is 11.1 Å². The number of hydrogen-bond donors (Lipinski definition) is 1. The first-order chi connectivity index (χ1) is 18.4. The normalized spacial score (nSPS) is 22.5. The predicted octanol–water partition coefficient (Wildman–Crippen LogP) is 6.78. The average Bonchev–Trinajstić information content (AvgIpc) is 2.89. The molecule has 0 bridgehead atoms. The van der Waals surface area contributed by atoms with Crippen LogP contribution in [0.15, 0.2) is 83.8 Å². The minimum absolute atomic E-state index is 0.177. The second-order valence-corrected chi connectivity index (χ2v) is 13.3. The minimum Gasteiger partial charge on any atom is -0.481 e. The van der Waals surface area contributed by atoms with Crippen molar-refractivity contribution in [1.29, 1.82) is 0 Å². The molecule has 0 aromatic heterocycles. The fourth-order valence-corrected chi connectivity index (χ4v) is 7.64. The number of benzene rings is 3. The van der Waals surface area contributed by atoms with Gasteiger partial charge in [-0.05, 0) is 60.4 Å². The van der Waals surface area contributed by atoms with Crippen LogP contribution in [-0.2, 0) is 19.4 Å². The van der Waals surface area contributed by atoms with Gasteiger partial charge in [0.05, 0.1) is 28.5 Å². The zero-order chi connectivity index (χ0) is 28.4. The maximum atomic E-state index is 14.3. The molecule has 1 amide bonds. The number of carboxylic acid groups (broad SMARTS) is 1. The lowest BCUT2D eigenvalue weighted by Crippen LogP contribution is -2.57. The molecule has 39 heavy (non-hydrogen) atoms. The van der Waals surface area contributed by atoms with Gasteiger partial charge < -0.3 is 10.0 Å². The molecule has 3 aromatic rings. The number of sulfone groups is 1. The van der Waals surface area contributed by atoms with E-state index >= 15 is 0 Å². The number of amides is 1. The Morgan fingerprint density at radius 3 is 2.26 bits per heavy atom. The quantitative estimate of drug-likeness (QED) is 0.298. The highest BCUT2D eigenvalue weighted by Gasteiger charge is 2.52. The van der Waals surface area contributed by atoms with Crippen molar-refractivity contribution in [2.45, 2.75) is 56.0 Å². The van der Waals surface area contributed by atoms with Gasteiger partial charge in [-0.2, -0.15) is 0 Å². The lowest BCUT2D eigenvalue weighted by atomic mass is 9.67. The number of nitrogens with zero attached hydrogens (tertiary/aromatic N) is 1. The number of likely N-dealkylation sites (tertiary alicyclic amines) is 1. The molecule has 1 heterocycles. The van der Waals surface area contributed by atoms with Crippen molar-refractivity contribution in [3.8, 4) is 0 Å². The first kappa shape index (κ1) is 29.1. The lowest BCUT2D eigenvalue weighted by molar-refractivity contribution is -0.160. The van der Waals surface area contributed by atoms with E-state index in [1.165, 1.54) is 0 Å². The maximum Gasteiger partial charge on any atom is 0.304 e. The molecule has 1 aliphatic heterocycles. The molecule has 0 aliphatic carbocycles. The number of carboxylic acids is 1. The van der Waals surface area contributed by atoms with Gasteiger partial charge in [-0.25, -0.2) is 8.42 Å². The van der Waals surface area contributed by atoms with Crippen molar-refractivity contribution in [3.63, 3.8) is 0 Å². The molecule has 3 aromatic carbocycles. The van der Waals surface area contributed by atoms with Crippen molar-refractivity contribution in [1.82, 2.24) is 4.90 Å². The van der Waals surface area contributed by atoms with Gasteiger partial charge in [0.2, 0.25) is 5.91 Å². The average molecular weight is 589 g/mol. The monoisotopic (exact) mass is 587 g/mol. The summed E-state index contributed by atoms with van der Waals surface area (Å²) in [6, 6.07) is 21.3. The van der Waals surface area contributed by atoms with Gasteiger partial charge in [0.15, 0.2) is 9.84 Å². The van der Waals surface area contributed by atoms with Crippen LogP contribution in [0.2, 0.25) is 10.0 Å². The summed E-state index contributed by atoms with van der Waals surface area (Å²) in [7, 11) is -3.76. The molecule has 0 saturated carbocycles. The summed E-state index contributed by atoms with van der Waals surface area (Å²) in [5.74, 6) is -2.11. The topological polar surface area (TPSA) is 91.8 Å². The molecule has 0 spiro atoms. The number of rotatable bonds is 9. The molecular weight excluding hydrogens is 557 g/mol. The van der Waals surface area contributed by atoms with Gasteiger partial charge in [0, 0.05) is 22.0 Å². The summed E-state index contributed by atoms with van der Waals surface area (Å²) in [4.78, 5) is 28.1. The van der Waals surface area contributed by atoms with E-state index in [0.29, 0.717) is 16.5 Å². The summed E-state index contributed by atoms with van der Waals surface area (Å²) in [5, 5.41) is 10.8. The Hall–Kier alpha value is -2.87. The highest BCUT2D eigenvalue weighted by atomic mass is 35.5. The molecule has 9 heteroatoms. The standard InChI is InChI=1S/C30H31Cl2NO5S/c1-3-24(19-39(37,38)25-10-5-4-6-11-25)33-28(20-12-14-22(31)15-13-20)26(21-8-7-9-23(32)16-21)17-30(2,29(33)36)18-27(34)35/h4-16,24,26,28H,3,17-19H2,1-2H3,(H,34,35)/t24-,26+,28+,30-/m0/s1. The Labute approximate surface area is 239 Å². The Bertz CT molecular complexity index is 1450. The largest absolute Gasteiger partial charge is 0.481 e. The number of hydrogen-bond acceptors (Lipinski definition) is 4. The van der Waals surface area contributed by atoms with Gasteiger partial charge in [-0.15, -0.1) is 0 Å². The van der Waals surface area contributed by atoms with E-state index < -0.39 is 33.3 Å². The molecule has 1 saturated heterocycles. The van der Waals surface area contributed by atoms with E-state index in [9.17, 15) is 23.1 Å². The van der Waals surface area contributed by atoms with Gasteiger partial charge in [-0.1, -0.05) is 79.5 Å². The third kappa shape index (κ3) is 6.32. The van der Waals surface area contributed by atoms with Crippen molar-refractivity contribution in [3.05, 3.63) is 100 Å². The minimum atomic E-state index is -3.76. The van der Waals surface area contributed by atoms with Crippen molar-refractivity contribution in [2.75, 3.05) is 5.75 Å². The van der Waals surface area contributed by atoms with Gasteiger partial charge in [-0.3, -0.25) is 9.59 Å². The molecule has 1 aliphatic rings. The predicted molar refractivity (Wildman–Crippen MR) is 153 cm³/mol. The molecule has 1 N–H and O–H groups in total. The van der Waals surface area contributed by atoms with Gasteiger partial charge >= 0.3 is 5.97 Å². The number of carbonyl (C=O) groups is 2. The van der Waals surface area contributed by atoms with Gasteiger partial charge in [0.25, 0.3) is 0 Å². The molecular formula is C30H31Cl2NO5S. The summed E-state index contributed by atoms with van der Waals surface area (Å²) in [6.45, 7) is 3.50. The summed E-state index contributed by atoms with van der Waals surface area (Å²) >= 11 is 12.6. The first-order valence-electron chi connectivity index (χ1n) is 12.8. The second-order valence-electron chi connectivity index (χ2n) is 10.4. The molecule has 1 fully saturated rings. The summed E-state index contributed by atoms with van der Waals surface area (Å²) < 4.78 is 27.0. The SMILES string of the molecule is CC[C@@H](CS(=O)(=O)c1ccccc1)N1C(=O)[C@](C)(CC(=O)O)C[C@H](c2cccc(Cl)c2)[C@H]1c1ccc(Cl)cc1. The van der Waals surface area contributed by atoms with Crippen LogP contribution in [0.4, 0.5) is 0 Å². The Kier molecular flexibility index (Phi) is 8.74. The van der Waals surface area contributed by atoms with E-state index in [1.807, 2.05) is 37.3 Å². The van der Waals surface area contributed by atoms with Crippen LogP contribution in [0, 0.1) is 5.41 Å². The van der Waals surface area contributed by atoms with Crippen LogP contribution in [0.5, 0.6) is 0 Å². The number of piperidine rings is 1. The van der Waals surface area contributed by atoms with Crippen LogP contribution in [0.1, 0.15) is 56.2 Å². The van der Waals surface area contributed by atoms with E-state index in [1.54, 1.807) is 60.4 Å². The third-order valence-electron chi connectivity index (χ3n) is 7.51. The Morgan fingerprint density at radius 2 is 1.67 bits per heavy atom. The van der Waals surface area contributed by atoms with E-state index in [4.69, 9.17) is 23.2 Å². The molecule has 0 unspecified atom stereocenters. The van der Waals surface area contributed by atoms with E-state index in [2.05, 4.69) is 0 Å². The summed E-state index contributed by atoms with van der Waals surface area (Å²) in [5.41, 5.74) is 0.370. The number of aliphatic carboxylic acids is 1. The zero-order valence-electron chi connectivity index (χ0n) is 21.8. The van der Waals surface area contributed by atoms with Crippen molar-refractivity contribution in [2.24, 2.45) is 5.41 Å². The van der Waals surface area contributed by atoms with Crippen molar-refractivity contribution < 1.29 is 23.1 Å². The molecule has 6 nitrogen and oxygen atoms in total. The number of halogens is 2. The highest BCUT2D eigenvalue weighted by molar-refractivity contribution is 7.91. The van der Waals surface area contributed by atoms with Crippen LogP contribution in [0.25, 0.3) is 0 Å². The highest BCUT2D eigenvalue weighted by Crippen LogP contribution is 2.52. The van der Waals surface area contributed by atoms with Crippen LogP contribution >= 0.6 is 23.2 Å². The molecule has 206 valence electrons. The summed E-state index contributed by atoms with van der Waals surface area (Å²) in [6.07, 6.45) is 0.228. The Balaban J connectivity index is 1.90. The van der Waals surface area contributed by atoms with Crippen LogP contribution in [0.3, 0.4) is 0 Å². The van der Waals surface area contributed by atoms with E-state index in [-0.39, 0.29) is 35.3 Å². The first-order valence-corrected chi connectivity index (χ1v) is 15.2. The Morgan fingerprint density at radius 1 is 1.00 bits per heavy atom. The zero-order valence-corrected chi connectivity index (χ0v) is 24.1. The molecule has 0 radical (unpaired) electrons. The van der Waals surface area contributed by atoms with Crippen LogP contribution in [-0.4, -0.2) is 42.1 Å². The van der Waals surface area contributed by atoms with Crippen LogP contribution < -0.4 is 0 Å². The van der Waals surface area contributed by atoms with Gasteiger partial charge in [0.1, 0.15) is 0 Å². The second kappa shape index (κ2) is 11.7. The molecule has 4 rings (SSSR count). The third-order valence-corrected chi connectivity index (χ3v) is 9.81. The van der Waals surface area contributed by atoms with Crippen molar-refractivity contribution >= 4 is 44.9 Å². The smallest absolute Gasteiger partial charge is 0.304 e. The lowest BCUT2D eigenvalue weighted by Gasteiger charge is -2.51. The number of carbonyl (C=O) groups excluding carboxylic acids is 1.